The van der Waals surface area contributed by atoms with Crippen molar-refractivity contribution in [2.24, 2.45) is 0 Å². The van der Waals surface area contributed by atoms with Gasteiger partial charge in [0.25, 0.3) is 5.56 Å². The molecule has 236 valence electrons. The molecule has 4 atom stereocenters. The normalized spacial score (nSPS) is 18.6. The molecule has 0 unspecified atom stereocenters. The maximum atomic E-state index is 13.9. The lowest BCUT2D eigenvalue weighted by Crippen LogP contribution is -2.44. The summed E-state index contributed by atoms with van der Waals surface area (Å²) < 4.78 is 25.7. The summed E-state index contributed by atoms with van der Waals surface area (Å²) in [6.45, 7) is -0.427. The van der Waals surface area contributed by atoms with E-state index in [1.165, 1.54) is 12.3 Å². The average Bonchev–Trinajstić information content (AvgIpc) is 3.44. The first-order valence-electron chi connectivity index (χ1n) is 14.7. The van der Waals surface area contributed by atoms with Crippen molar-refractivity contribution in [1.82, 2.24) is 9.13 Å². The van der Waals surface area contributed by atoms with Crippen LogP contribution in [0, 0.1) is 0 Å². The van der Waals surface area contributed by atoms with Crippen LogP contribution in [0.25, 0.3) is 5.69 Å². The van der Waals surface area contributed by atoms with Gasteiger partial charge in [-0.15, -0.1) is 0 Å². The molecule has 6 rings (SSSR count). The highest BCUT2D eigenvalue weighted by molar-refractivity contribution is 5.91. The highest BCUT2D eigenvalue weighted by Gasteiger charge is 2.51. The molecule has 0 saturated carbocycles. The number of aromatic nitrogens is 2. The van der Waals surface area contributed by atoms with E-state index >= 15 is 0 Å². The number of hydrogen-bond acceptors (Lipinski definition) is 9. The van der Waals surface area contributed by atoms with Gasteiger partial charge in [0.15, 0.2) is 18.4 Å². The molecule has 0 aliphatic carbocycles. The van der Waals surface area contributed by atoms with Gasteiger partial charge in [-0.1, -0.05) is 72.8 Å². The van der Waals surface area contributed by atoms with Gasteiger partial charge in [0.2, 0.25) is 0 Å². The fraction of sp³-hybridized carbons (Fsp3) is 0.139. The van der Waals surface area contributed by atoms with E-state index in [1.807, 2.05) is 0 Å². The molecule has 47 heavy (non-hydrogen) atoms. The third-order valence-corrected chi connectivity index (χ3v) is 7.48. The molecule has 0 radical (unpaired) electrons. The Bertz CT molecular complexity index is 1980. The summed E-state index contributed by atoms with van der Waals surface area (Å²) >= 11 is 0. The second kappa shape index (κ2) is 13.9. The predicted molar refractivity (Wildman–Crippen MR) is 168 cm³/mol. The summed E-state index contributed by atoms with van der Waals surface area (Å²) in [5, 5.41) is 0. The van der Waals surface area contributed by atoms with Crippen molar-refractivity contribution in [3.63, 3.8) is 0 Å². The summed E-state index contributed by atoms with van der Waals surface area (Å²) in [6, 6.07) is 33.9. The summed E-state index contributed by atoms with van der Waals surface area (Å²) in [7, 11) is 0. The van der Waals surface area contributed by atoms with Crippen LogP contribution in [0.4, 0.5) is 0 Å². The minimum atomic E-state index is -1.42. The molecule has 1 aromatic heterocycles. The molecule has 0 N–H and O–H groups in total. The van der Waals surface area contributed by atoms with Gasteiger partial charge in [0.1, 0.15) is 12.7 Å². The van der Waals surface area contributed by atoms with Crippen molar-refractivity contribution in [2.75, 3.05) is 6.61 Å². The Morgan fingerprint density at radius 3 is 1.60 bits per heavy atom. The number of ether oxygens (including phenoxy) is 4. The fourth-order valence-electron chi connectivity index (χ4n) is 5.18. The number of rotatable bonds is 9. The molecule has 1 saturated heterocycles. The number of esters is 3. The van der Waals surface area contributed by atoms with E-state index in [4.69, 9.17) is 18.9 Å². The molecule has 0 amide bonds. The van der Waals surface area contributed by atoms with Gasteiger partial charge in [-0.3, -0.25) is 9.36 Å². The van der Waals surface area contributed by atoms with Crippen molar-refractivity contribution >= 4 is 17.9 Å². The number of nitrogens with zero attached hydrogens (tertiary/aromatic N) is 2. The monoisotopic (exact) mass is 632 g/mol. The first-order valence-corrected chi connectivity index (χ1v) is 14.7. The summed E-state index contributed by atoms with van der Waals surface area (Å²) in [5.41, 5.74) is -0.428. The second-order valence-electron chi connectivity index (χ2n) is 10.5. The van der Waals surface area contributed by atoms with Crippen molar-refractivity contribution in [1.29, 1.82) is 0 Å². The topological polar surface area (TPSA) is 132 Å². The zero-order chi connectivity index (χ0) is 32.8. The van der Waals surface area contributed by atoms with Gasteiger partial charge in [0.05, 0.1) is 22.4 Å². The molecular formula is C36H28N2O9. The van der Waals surface area contributed by atoms with Gasteiger partial charge in [0, 0.05) is 12.3 Å². The van der Waals surface area contributed by atoms with E-state index in [2.05, 4.69) is 0 Å². The van der Waals surface area contributed by atoms with E-state index in [9.17, 15) is 24.0 Å². The third-order valence-electron chi connectivity index (χ3n) is 7.48. The van der Waals surface area contributed by atoms with Gasteiger partial charge >= 0.3 is 23.6 Å². The van der Waals surface area contributed by atoms with Crippen LogP contribution in [-0.2, 0) is 18.9 Å². The van der Waals surface area contributed by atoms with Crippen LogP contribution in [-0.4, -0.2) is 52.0 Å². The van der Waals surface area contributed by atoms with Crippen LogP contribution in [0.1, 0.15) is 37.3 Å². The number of benzene rings is 4. The summed E-state index contributed by atoms with van der Waals surface area (Å²) in [6.07, 6.45) is -4.16. The Kier molecular flexibility index (Phi) is 9.16. The smallest absolute Gasteiger partial charge is 0.338 e. The van der Waals surface area contributed by atoms with E-state index in [-0.39, 0.29) is 16.7 Å². The molecule has 11 nitrogen and oxygen atoms in total. The Morgan fingerprint density at radius 2 is 1.06 bits per heavy atom. The Balaban J connectivity index is 1.41. The average molecular weight is 633 g/mol. The maximum Gasteiger partial charge on any atom is 0.338 e. The Morgan fingerprint density at radius 1 is 0.596 bits per heavy atom. The van der Waals surface area contributed by atoms with Crippen LogP contribution in [0.2, 0.25) is 0 Å². The number of hydrogen-bond donors (Lipinski definition) is 0. The van der Waals surface area contributed by atoms with Crippen molar-refractivity contribution in [3.05, 3.63) is 171 Å². The Labute approximate surface area is 268 Å². The number of carbonyl (C=O) groups is 3. The molecule has 5 aromatic rings. The molecule has 1 aliphatic heterocycles. The Hall–Kier alpha value is -6.07. The lowest BCUT2D eigenvalue weighted by atomic mass is 10.1. The second-order valence-corrected chi connectivity index (χ2v) is 10.5. The van der Waals surface area contributed by atoms with Crippen molar-refractivity contribution in [2.45, 2.75) is 24.5 Å². The third kappa shape index (κ3) is 6.80. The summed E-state index contributed by atoms with van der Waals surface area (Å²) in [4.78, 5) is 66.4. The van der Waals surface area contributed by atoms with Gasteiger partial charge in [-0.25, -0.2) is 23.7 Å². The van der Waals surface area contributed by atoms with Crippen LogP contribution in [0.15, 0.2) is 143 Å². The minimum Gasteiger partial charge on any atom is -0.459 e. The lowest BCUT2D eigenvalue weighted by molar-refractivity contribution is -0.0642. The number of carbonyl (C=O) groups excluding carboxylic acids is 3. The maximum absolute atomic E-state index is 13.9. The van der Waals surface area contributed by atoms with Gasteiger partial charge in [-0.05, 0) is 48.5 Å². The van der Waals surface area contributed by atoms with Crippen molar-refractivity contribution in [3.8, 4) is 5.69 Å². The van der Waals surface area contributed by atoms with E-state index < -0.39 is 60.3 Å². The molecule has 1 aliphatic rings. The van der Waals surface area contributed by atoms with E-state index in [0.29, 0.717) is 5.69 Å². The van der Waals surface area contributed by atoms with Crippen LogP contribution >= 0.6 is 0 Å². The molecular weight excluding hydrogens is 604 g/mol. The van der Waals surface area contributed by atoms with Gasteiger partial charge in [-0.2, -0.15) is 0 Å². The van der Waals surface area contributed by atoms with Crippen LogP contribution in [0.3, 0.4) is 0 Å². The molecule has 2 heterocycles. The fourth-order valence-corrected chi connectivity index (χ4v) is 5.18. The standard InChI is InChI=1S/C36H28N2O9/c39-29-21-22-37(36(43)38(29)27-19-11-4-12-20-27)32-31(47-35(42)26-17-9-3-10-18-26)30(46-34(41)25-15-7-2-8-16-25)28(45-32)23-44-33(40)24-13-5-1-6-14-24/h1-22,28,30-32H,23H2/t28-,30-,31-,32-/m1/s1. The van der Waals surface area contributed by atoms with Crippen LogP contribution in [0.5, 0.6) is 0 Å². The molecule has 0 spiro atoms. The van der Waals surface area contributed by atoms with E-state index in [1.54, 1.807) is 121 Å². The molecule has 0 bridgehead atoms. The summed E-state index contributed by atoms with van der Waals surface area (Å²) in [5.74, 6) is -2.21. The molecule has 11 heteroatoms. The zero-order valence-corrected chi connectivity index (χ0v) is 24.8. The largest absolute Gasteiger partial charge is 0.459 e. The van der Waals surface area contributed by atoms with E-state index in [0.717, 1.165) is 9.13 Å². The predicted octanol–water partition coefficient (Wildman–Crippen LogP) is 4.20. The first-order chi connectivity index (χ1) is 22.9. The zero-order valence-electron chi connectivity index (χ0n) is 24.8. The SMILES string of the molecule is O=C(OC[C@H]1O[C@@H](n2ccc(=O)n(-c3ccccc3)c2=O)[C@H](OC(=O)c2ccccc2)[C@@H]1OC(=O)c1ccccc1)c1ccccc1. The molecule has 1 fully saturated rings. The van der Waals surface area contributed by atoms with Crippen molar-refractivity contribution < 1.29 is 33.3 Å². The molecule has 4 aromatic carbocycles. The quantitative estimate of drug-likeness (QED) is 0.173. The number of para-hydroxylation sites is 1. The first kappa shape index (κ1) is 30.9. The lowest BCUT2D eigenvalue weighted by Gasteiger charge is -2.25. The minimum absolute atomic E-state index is 0.194. The van der Waals surface area contributed by atoms with Crippen LogP contribution < -0.4 is 11.2 Å². The highest BCUT2D eigenvalue weighted by Crippen LogP contribution is 2.35. The van der Waals surface area contributed by atoms with Gasteiger partial charge < -0.3 is 18.9 Å². The highest BCUT2D eigenvalue weighted by atomic mass is 16.7.